The Labute approximate surface area is 88.7 Å². The van der Waals surface area contributed by atoms with E-state index >= 15 is 0 Å². The zero-order valence-corrected chi connectivity index (χ0v) is 9.76. The molecule has 1 amide bonds. The zero-order chi connectivity index (χ0) is 11.8. The van der Waals surface area contributed by atoms with Crippen LogP contribution in [0.5, 0.6) is 0 Å². The topological polar surface area (TPSA) is 76.1 Å². The summed E-state index contributed by atoms with van der Waals surface area (Å²) in [6.07, 6.45) is 3.85. The first-order chi connectivity index (χ1) is 6.99. The summed E-state index contributed by atoms with van der Waals surface area (Å²) in [7, 11) is -0.104. The molecule has 0 heterocycles. The Morgan fingerprint density at radius 1 is 1.53 bits per heavy atom. The molecule has 0 aromatic carbocycles. The summed E-state index contributed by atoms with van der Waals surface area (Å²) in [6, 6.07) is 0. The quantitative estimate of drug-likeness (QED) is 0.251. The van der Waals surface area contributed by atoms with Crippen LogP contribution in [0.25, 0.3) is 0 Å². The van der Waals surface area contributed by atoms with Gasteiger partial charge in [-0.05, 0) is 13.0 Å². The van der Waals surface area contributed by atoms with Crippen LogP contribution in [0.4, 0.5) is 0 Å². The molecule has 0 spiro atoms. The molecule has 15 heavy (non-hydrogen) atoms. The molecule has 1 unspecified atom stereocenters. The van der Waals surface area contributed by atoms with Gasteiger partial charge in [0.1, 0.15) is 0 Å². The zero-order valence-electron chi connectivity index (χ0n) is 8.76. The predicted octanol–water partition coefficient (Wildman–Crippen LogP) is 0.865. The maximum absolute atomic E-state index is 11.4. The van der Waals surface area contributed by atoms with Crippen LogP contribution in [0.2, 0.25) is 0 Å². The highest BCUT2D eigenvalue weighted by Crippen LogP contribution is 2.14. The predicted molar refractivity (Wildman–Crippen MR) is 55.0 cm³/mol. The van der Waals surface area contributed by atoms with Crippen LogP contribution in [0.1, 0.15) is 6.92 Å². The van der Waals surface area contributed by atoms with E-state index in [9.17, 15) is 9.36 Å². The van der Waals surface area contributed by atoms with Gasteiger partial charge in [0, 0.05) is 12.6 Å². The molecule has 0 aromatic rings. The molecule has 6 nitrogen and oxygen atoms in total. The van der Waals surface area contributed by atoms with Crippen molar-refractivity contribution in [3.63, 3.8) is 0 Å². The standard InChI is InChI=1S/C8H14NO5P/c1-7(8(10)9(2)13-3)5-4-6-14-15(11)12/h4-6,15H,1-3H3,(H,11,12)/b6-4+,7-5-. The van der Waals surface area contributed by atoms with Crippen molar-refractivity contribution in [3.05, 3.63) is 24.0 Å². The highest BCUT2D eigenvalue weighted by atomic mass is 31.1. The van der Waals surface area contributed by atoms with Gasteiger partial charge in [0.2, 0.25) is 0 Å². The lowest BCUT2D eigenvalue weighted by Crippen LogP contribution is -2.25. The molecule has 0 aliphatic heterocycles. The number of carbonyl (C=O) groups is 1. The fraction of sp³-hybridized carbons (Fsp3) is 0.375. The molecule has 0 saturated carbocycles. The molecule has 0 fully saturated rings. The number of amides is 1. The van der Waals surface area contributed by atoms with E-state index in [1.54, 1.807) is 6.92 Å². The molecule has 0 aliphatic rings. The number of nitrogens with zero attached hydrogens (tertiary/aromatic N) is 1. The lowest BCUT2D eigenvalue weighted by atomic mass is 10.2. The molecule has 0 aliphatic carbocycles. The van der Waals surface area contributed by atoms with Gasteiger partial charge in [-0.3, -0.25) is 9.63 Å². The summed E-state index contributed by atoms with van der Waals surface area (Å²) in [4.78, 5) is 24.3. The number of allylic oxidation sites excluding steroid dienone is 2. The Morgan fingerprint density at radius 3 is 2.60 bits per heavy atom. The second kappa shape index (κ2) is 7.23. The summed E-state index contributed by atoms with van der Waals surface area (Å²) in [5.41, 5.74) is 0.414. The van der Waals surface area contributed by atoms with E-state index < -0.39 is 8.25 Å². The molecule has 0 aromatic heterocycles. The lowest BCUT2D eigenvalue weighted by Gasteiger charge is -2.13. The second-order valence-electron chi connectivity index (χ2n) is 2.55. The van der Waals surface area contributed by atoms with E-state index in [0.29, 0.717) is 5.57 Å². The van der Waals surface area contributed by atoms with Crippen LogP contribution in [-0.2, 0) is 18.7 Å². The fourth-order valence-corrected chi connectivity index (χ4v) is 0.879. The lowest BCUT2D eigenvalue weighted by molar-refractivity contribution is -0.163. The summed E-state index contributed by atoms with van der Waals surface area (Å²) >= 11 is 0. The normalized spacial score (nSPS) is 14.0. The van der Waals surface area contributed by atoms with Gasteiger partial charge in [-0.15, -0.1) is 0 Å². The maximum atomic E-state index is 11.4. The minimum Gasteiger partial charge on any atom is -0.434 e. The number of likely N-dealkylation sites (N-methyl/N-ethyl adjacent to an activating group) is 1. The van der Waals surface area contributed by atoms with Gasteiger partial charge >= 0.3 is 8.25 Å². The Hall–Kier alpha value is -1.10. The molecule has 86 valence electrons. The molecular weight excluding hydrogens is 221 g/mol. The third-order valence-corrected chi connectivity index (χ3v) is 1.83. The van der Waals surface area contributed by atoms with Gasteiger partial charge in [-0.25, -0.2) is 9.63 Å². The van der Waals surface area contributed by atoms with E-state index in [-0.39, 0.29) is 5.91 Å². The van der Waals surface area contributed by atoms with Crippen molar-refractivity contribution in [2.45, 2.75) is 6.92 Å². The van der Waals surface area contributed by atoms with Gasteiger partial charge in [-0.1, -0.05) is 6.08 Å². The average Bonchev–Trinajstić information content (AvgIpc) is 2.21. The minimum absolute atomic E-state index is 0.307. The summed E-state index contributed by atoms with van der Waals surface area (Å²) in [5.74, 6) is -0.307. The first-order valence-electron chi connectivity index (χ1n) is 4.04. The van der Waals surface area contributed by atoms with E-state index in [1.807, 2.05) is 0 Å². The maximum Gasteiger partial charge on any atom is 0.364 e. The molecule has 0 bridgehead atoms. The minimum atomic E-state index is -2.96. The van der Waals surface area contributed by atoms with Crippen molar-refractivity contribution in [2.75, 3.05) is 14.2 Å². The van der Waals surface area contributed by atoms with Gasteiger partial charge in [0.15, 0.2) is 0 Å². The second-order valence-corrected chi connectivity index (χ2v) is 3.31. The van der Waals surface area contributed by atoms with E-state index in [4.69, 9.17) is 4.89 Å². The largest absolute Gasteiger partial charge is 0.434 e. The highest BCUT2D eigenvalue weighted by molar-refractivity contribution is 7.32. The van der Waals surface area contributed by atoms with Gasteiger partial charge in [0.05, 0.1) is 13.4 Å². The molecule has 7 heteroatoms. The van der Waals surface area contributed by atoms with Crippen LogP contribution in [-0.4, -0.2) is 30.0 Å². The first kappa shape index (κ1) is 13.9. The summed E-state index contributed by atoms with van der Waals surface area (Å²) < 4.78 is 14.4. The van der Waals surface area contributed by atoms with Crippen molar-refractivity contribution >= 4 is 14.2 Å². The number of carbonyl (C=O) groups excluding carboxylic acids is 1. The van der Waals surface area contributed by atoms with Gasteiger partial charge in [-0.2, -0.15) is 0 Å². The SMILES string of the molecule is CON(C)C(=O)/C(C)=C\C=C\O[PH](=O)O. The van der Waals surface area contributed by atoms with Crippen molar-refractivity contribution < 1.29 is 23.6 Å². The Kier molecular flexibility index (Phi) is 6.70. The van der Waals surface area contributed by atoms with Crippen LogP contribution >= 0.6 is 8.25 Å². The van der Waals surface area contributed by atoms with E-state index in [2.05, 4.69) is 9.36 Å². The van der Waals surface area contributed by atoms with E-state index in [1.165, 1.54) is 26.3 Å². The van der Waals surface area contributed by atoms with Crippen LogP contribution < -0.4 is 0 Å². The van der Waals surface area contributed by atoms with Crippen molar-refractivity contribution in [1.29, 1.82) is 0 Å². The third-order valence-electron chi connectivity index (χ3n) is 1.49. The van der Waals surface area contributed by atoms with Crippen molar-refractivity contribution in [2.24, 2.45) is 0 Å². The smallest absolute Gasteiger partial charge is 0.364 e. The molecule has 0 rings (SSSR count). The molecule has 1 atom stereocenters. The third kappa shape index (κ3) is 6.06. The molecule has 0 saturated heterocycles. The van der Waals surface area contributed by atoms with Crippen LogP contribution in [0.3, 0.4) is 0 Å². The monoisotopic (exact) mass is 235 g/mol. The van der Waals surface area contributed by atoms with Gasteiger partial charge < -0.3 is 9.42 Å². The summed E-state index contributed by atoms with van der Waals surface area (Å²) in [6.45, 7) is 1.59. The van der Waals surface area contributed by atoms with Crippen molar-refractivity contribution in [3.8, 4) is 0 Å². The Morgan fingerprint density at radius 2 is 2.13 bits per heavy atom. The number of rotatable bonds is 5. The van der Waals surface area contributed by atoms with E-state index in [0.717, 1.165) is 11.3 Å². The van der Waals surface area contributed by atoms with Crippen LogP contribution in [0, 0.1) is 0 Å². The molecule has 1 N–H and O–H groups in total. The first-order valence-corrected chi connectivity index (χ1v) is 5.30. The molecular formula is C8H14NO5P. The van der Waals surface area contributed by atoms with Gasteiger partial charge in [0.25, 0.3) is 5.91 Å². The summed E-state index contributed by atoms with van der Waals surface area (Å²) in [5, 5.41) is 1.06. The molecule has 0 radical (unpaired) electrons. The fourth-order valence-electron chi connectivity index (χ4n) is 0.684. The average molecular weight is 235 g/mol. The Bertz CT molecular complexity index is 299. The Balaban J connectivity index is 4.25. The van der Waals surface area contributed by atoms with Crippen molar-refractivity contribution in [1.82, 2.24) is 5.06 Å². The van der Waals surface area contributed by atoms with Crippen LogP contribution in [0.15, 0.2) is 24.0 Å². The highest BCUT2D eigenvalue weighted by Gasteiger charge is 2.08. The number of hydrogen-bond donors (Lipinski definition) is 1. The number of hydroxylamine groups is 2. The number of hydrogen-bond acceptors (Lipinski definition) is 4.